The van der Waals surface area contributed by atoms with E-state index in [0.717, 1.165) is 30.8 Å². The van der Waals surface area contributed by atoms with Crippen LogP contribution in [0.15, 0.2) is 87.8 Å². The van der Waals surface area contributed by atoms with Gasteiger partial charge in [-0.3, -0.25) is 0 Å². The van der Waals surface area contributed by atoms with Crippen molar-refractivity contribution in [1.29, 1.82) is 0 Å². The van der Waals surface area contributed by atoms with E-state index in [0.29, 0.717) is 23.6 Å². The molecule has 2 atom stereocenters. The number of aromatic hydroxyl groups is 1. The summed E-state index contributed by atoms with van der Waals surface area (Å²) in [6.45, 7) is 0.663. The summed E-state index contributed by atoms with van der Waals surface area (Å²) in [5.41, 5.74) is 1.03. The number of phenolic OH excluding ortho intramolecular Hbond substituents is 1. The van der Waals surface area contributed by atoms with Gasteiger partial charge in [-0.05, 0) is 90.9 Å². The van der Waals surface area contributed by atoms with Crippen LogP contribution in [0, 0.1) is 0 Å². The Balaban J connectivity index is 1.99. The quantitative estimate of drug-likeness (QED) is 0.228. The van der Waals surface area contributed by atoms with E-state index in [9.17, 15) is 10.2 Å². The number of halogens is 3. The van der Waals surface area contributed by atoms with Crippen molar-refractivity contribution in [3.05, 3.63) is 110 Å². The molecule has 0 spiro atoms. The second kappa shape index (κ2) is 10.4. The van der Waals surface area contributed by atoms with Gasteiger partial charge in [0, 0.05) is 32.0 Å². The molecule has 176 valence electrons. The van der Waals surface area contributed by atoms with Crippen LogP contribution in [-0.4, -0.2) is 35.8 Å². The van der Waals surface area contributed by atoms with Crippen molar-refractivity contribution in [2.24, 2.45) is 0 Å². The molecule has 0 bridgehead atoms. The van der Waals surface area contributed by atoms with Crippen molar-refractivity contribution < 1.29 is 10.2 Å². The molecule has 6 heteroatoms. The van der Waals surface area contributed by atoms with Crippen LogP contribution in [0.25, 0.3) is 10.8 Å². The Morgan fingerprint density at radius 3 is 2.15 bits per heavy atom. The van der Waals surface area contributed by atoms with Crippen molar-refractivity contribution in [1.82, 2.24) is 4.90 Å². The molecule has 0 aliphatic carbocycles. The van der Waals surface area contributed by atoms with Crippen molar-refractivity contribution in [2.45, 2.75) is 17.9 Å². The second-order valence-corrected chi connectivity index (χ2v) is 11.1. The number of benzene rings is 4. The average molecular weight is 604 g/mol. The van der Waals surface area contributed by atoms with E-state index in [1.165, 1.54) is 0 Å². The number of hydrogen-bond acceptors (Lipinski definition) is 3. The lowest BCUT2D eigenvalue weighted by Gasteiger charge is -2.39. The van der Waals surface area contributed by atoms with Gasteiger partial charge in [-0.25, -0.2) is 0 Å². The van der Waals surface area contributed by atoms with Crippen molar-refractivity contribution in [3.63, 3.8) is 0 Å². The van der Waals surface area contributed by atoms with Crippen LogP contribution in [0.5, 0.6) is 5.75 Å². The Morgan fingerprint density at radius 2 is 1.50 bits per heavy atom. The molecule has 3 nitrogen and oxygen atoms in total. The molecule has 0 heterocycles. The highest BCUT2D eigenvalue weighted by atomic mass is 79.9. The van der Waals surface area contributed by atoms with Gasteiger partial charge in [0.05, 0.1) is 0 Å². The van der Waals surface area contributed by atoms with Crippen LogP contribution in [0.4, 0.5) is 0 Å². The monoisotopic (exact) mass is 601 g/mol. The van der Waals surface area contributed by atoms with Crippen molar-refractivity contribution in [2.75, 3.05) is 20.6 Å². The zero-order chi connectivity index (χ0) is 24.5. The maximum absolute atomic E-state index is 12.5. The smallest absolute Gasteiger partial charge is 0.120 e. The number of nitrogens with zero attached hydrogens (tertiary/aromatic N) is 1. The van der Waals surface area contributed by atoms with Crippen LogP contribution >= 0.6 is 43.5 Å². The third kappa shape index (κ3) is 5.34. The Morgan fingerprint density at radius 1 is 0.853 bits per heavy atom. The topological polar surface area (TPSA) is 43.7 Å². The molecule has 4 aromatic carbocycles. The molecule has 0 saturated heterocycles. The number of fused-ring (bicyclic) bond motifs is 1. The molecule has 4 aromatic rings. The molecule has 0 fully saturated rings. The SMILES string of the molecule is CN(C)CCC(O)(c1ccc(Br)cc1)C(c1ccc(Cl)cc1)c1cc2cc(Br)ccc2cc1O. The van der Waals surface area contributed by atoms with E-state index in [2.05, 4.69) is 36.8 Å². The van der Waals surface area contributed by atoms with E-state index in [1.807, 2.05) is 86.9 Å². The van der Waals surface area contributed by atoms with Crippen LogP contribution in [0.1, 0.15) is 29.0 Å². The van der Waals surface area contributed by atoms with Crippen LogP contribution in [-0.2, 0) is 5.60 Å². The molecule has 34 heavy (non-hydrogen) atoms. The number of aliphatic hydroxyl groups is 1. The maximum Gasteiger partial charge on any atom is 0.120 e. The largest absolute Gasteiger partial charge is 0.508 e. The van der Waals surface area contributed by atoms with Gasteiger partial charge < -0.3 is 15.1 Å². The lowest BCUT2D eigenvalue weighted by molar-refractivity contribution is 0.00392. The Kier molecular flexibility index (Phi) is 7.70. The highest BCUT2D eigenvalue weighted by Crippen LogP contribution is 2.48. The van der Waals surface area contributed by atoms with Crippen LogP contribution in [0.3, 0.4) is 0 Å². The van der Waals surface area contributed by atoms with Gasteiger partial charge >= 0.3 is 0 Å². The lowest BCUT2D eigenvalue weighted by Crippen LogP contribution is -2.37. The van der Waals surface area contributed by atoms with Crippen molar-refractivity contribution in [3.8, 4) is 5.75 Å². The second-order valence-electron chi connectivity index (χ2n) is 8.87. The third-order valence-corrected chi connectivity index (χ3v) is 7.50. The van der Waals surface area contributed by atoms with Gasteiger partial charge in [-0.2, -0.15) is 0 Å². The Bertz CT molecular complexity index is 1290. The summed E-state index contributed by atoms with van der Waals surface area (Å²) in [5.74, 6) is -0.385. The minimum absolute atomic E-state index is 0.148. The molecule has 0 saturated carbocycles. The molecule has 4 rings (SSSR count). The molecule has 2 unspecified atom stereocenters. The fourth-order valence-electron chi connectivity index (χ4n) is 4.46. The van der Waals surface area contributed by atoms with Crippen LogP contribution in [0.2, 0.25) is 5.02 Å². The van der Waals surface area contributed by atoms with Crippen molar-refractivity contribution >= 4 is 54.2 Å². The summed E-state index contributed by atoms with van der Waals surface area (Å²) >= 11 is 13.3. The highest BCUT2D eigenvalue weighted by molar-refractivity contribution is 9.10. The first-order valence-electron chi connectivity index (χ1n) is 11.0. The highest BCUT2D eigenvalue weighted by Gasteiger charge is 2.41. The molecule has 0 amide bonds. The summed E-state index contributed by atoms with van der Waals surface area (Å²) in [6.07, 6.45) is 0.463. The Labute approximate surface area is 222 Å². The standard InChI is InChI=1S/C28H26Br2ClNO2/c1-32(2)14-13-28(34,21-6-9-22(29)10-7-21)27(18-4-11-24(31)12-5-18)25-16-20-15-23(30)8-3-19(20)17-26(25)33/h3-12,15-17,27,33-34H,13-14H2,1-2H3. The Hall–Kier alpha value is -1.89. The fourth-order valence-corrected chi connectivity index (χ4v) is 5.23. The summed E-state index contributed by atoms with van der Waals surface area (Å²) in [6, 6.07) is 25.0. The van der Waals surface area contributed by atoms with E-state index in [-0.39, 0.29) is 5.75 Å². The molecule has 2 N–H and O–H groups in total. The molecule has 0 aliphatic rings. The van der Waals surface area contributed by atoms with E-state index in [1.54, 1.807) is 6.07 Å². The van der Waals surface area contributed by atoms with Gasteiger partial charge in [0.1, 0.15) is 11.4 Å². The number of rotatable bonds is 7. The van der Waals surface area contributed by atoms with Gasteiger partial charge in [-0.15, -0.1) is 0 Å². The minimum atomic E-state index is -1.30. The fraction of sp³-hybridized carbons (Fsp3) is 0.214. The molecule has 0 aromatic heterocycles. The summed E-state index contributed by atoms with van der Waals surface area (Å²) in [5, 5.41) is 26.3. The van der Waals surface area contributed by atoms with Crippen LogP contribution < -0.4 is 0 Å². The summed E-state index contributed by atoms with van der Waals surface area (Å²) < 4.78 is 1.89. The minimum Gasteiger partial charge on any atom is -0.508 e. The zero-order valence-corrected chi connectivity index (χ0v) is 22.9. The lowest BCUT2D eigenvalue weighted by atomic mass is 9.71. The first kappa shape index (κ1) is 25.2. The molecule has 0 aliphatic heterocycles. The number of hydrogen-bond donors (Lipinski definition) is 2. The first-order chi connectivity index (χ1) is 16.2. The zero-order valence-electron chi connectivity index (χ0n) is 19.0. The molecular weight excluding hydrogens is 578 g/mol. The predicted octanol–water partition coefficient (Wildman–Crippen LogP) is 7.70. The van der Waals surface area contributed by atoms with Gasteiger partial charge in [-0.1, -0.05) is 73.8 Å². The van der Waals surface area contributed by atoms with E-state index >= 15 is 0 Å². The predicted molar refractivity (Wildman–Crippen MR) is 148 cm³/mol. The van der Waals surface area contributed by atoms with E-state index in [4.69, 9.17) is 11.6 Å². The van der Waals surface area contributed by atoms with E-state index < -0.39 is 11.5 Å². The van der Waals surface area contributed by atoms with Gasteiger partial charge in [0.15, 0.2) is 0 Å². The molecular formula is C28H26Br2ClNO2. The normalized spacial score (nSPS) is 14.3. The number of phenols is 1. The third-order valence-electron chi connectivity index (χ3n) is 6.22. The maximum atomic E-state index is 12.5. The summed E-state index contributed by atoms with van der Waals surface area (Å²) in [7, 11) is 3.98. The average Bonchev–Trinajstić information content (AvgIpc) is 2.80. The van der Waals surface area contributed by atoms with Gasteiger partial charge in [0.2, 0.25) is 0 Å². The van der Waals surface area contributed by atoms with Gasteiger partial charge in [0.25, 0.3) is 0 Å². The summed E-state index contributed by atoms with van der Waals surface area (Å²) in [4.78, 5) is 2.06. The first-order valence-corrected chi connectivity index (χ1v) is 12.9. The molecule has 0 radical (unpaired) electrons.